The number of benzene rings is 1. The molecular formula is C20H27N3OS. The maximum absolute atomic E-state index is 12.6. The van der Waals surface area contributed by atoms with E-state index in [2.05, 4.69) is 41.2 Å². The first-order valence-corrected chi connectivity index (χ1v) is 10.00. The number of carbonyl (C=O) groups excluding carboxylic acids is 1. The summed E-state index contributed by atoms with van der Waals surface area (Å²) in [4.78, 5) is 20.2. The third-order valence-electron chi connectivity index (χ3n) is 4.61. The van der Waals surface area contributed by atoms with E-state index in [0.29, 0.717) is 10.8 Å². The Balaban J connectivity index is 1.67. The molecule has 1 amide bonds. The van der Waals surface area contributed by atoms with Gasteiger partial charge in [-0.05, 0) is 44.0 Å². The van der Waals surface area contributed by atoms with Gasteiger partial charge in [-0.1, -0.05) is 26.7 Å². The topological polar surface area (TPSA) is 45.2 Å². The lowest BCUT2D eigenvalue weighted by molar-refractivity contribution is 0.103. The van der Waals surface area contributed by atoms with Gasteiger partial charge in [-0.25, -0.2) is 4.98 Å². The molecule has 0 unspecified atom stereocenters. The molecule has 0 bridgehead atoms. The second-order valence-electron chi connectivity index (χ2n) is 7.02. The monoisotopic (exact) mass is 357 g/mol. The highest BCUT2D eigenvalue weighted by Crippen LogP contribution is 2.26. The number of carbonyl (C=O) groups is 1. The van der Waals surface area contributed by atoms with E-state index in [1.807, 2.05) is 19.1 Å². The quantitative estimate of drug-likeness (QED) is 0.817. The molecule has 0 spiro atoms. The number of aryl methyl sites for hydroxylation is 1. The van der Waals surface area contributed by atoms with Crippen LogP contribution in [0.5, 0.6) is 0 Å². The molecule has 3 rings (SSSR count). The Kier molecular flexibility index (Phi) is 5.74. The highest BCUT2D eigenvalue weighted by Gasteiger charge is 2.17. The van der Waals surface area contributed by atoms with Crippen molar-refractivity contribution in [3.8, 4) is 0 Å². The van der Waals surface area contributed by atoms with Crippen molar-refractivity contribution in [3.05, 3.63) is 39.8 Å². The summed E-state index contributed by atoms with van der Waals surface area (Å²) in [5.41, 5.74) is 2.89. The molecule has 4 nitrogen and oxygen atoms in total. The molecule has 1 aromatic carbocycles. The lowest BCUT2D eigenvalue weighted by atomic mass is 10.2. The van der Waals surface area contributed by atoms with E-state index >= 15 is 0 Å². The average molecular weight is 358 g/mol. The van der Waals surface area contributed by atoms with Crippen LogP contribution in [0.1, 0.15) is 65.8 Å². The van der Waals surface area contributed by atoms with Crippen LogP contribution in [0.2, 0.25) is 0 Å². The summed E-state index contributed by atoms with van der Waals surface area (Å²) in [5.74, 6) is 0.280. The number of anilines is 2. The molecule has 0 radical (unpaired) electrons. The van der Waals surface area contributed by atoms with Gasteiger partial charge in [-0.15, -0.1) is 11.3 Å². The smallest absolute Gasteiger partial charge is 0.267 e. The van der Waals surface area contributed by atoms with Crippen LogP contribution in [0.3, 0.4) is 0 Å². The van der Waals surface area contributed by atoms with Crippen LogP contribution in [0, 0.1) is 6.92 Å². The molecule has 1 fully saturated rings. The predicted octanol–water partition coefficient (Wildman–Crippen LogP) is 5.21. The van der Waals surface area contributed by atoms with E-state index < -0.39 is 0 Å². The molecule has 1 N–H and O–H groups in total. The van der Waals surface area contributed by atoms with Crippen LogP contribution in [-0.2, 0) is 0 Å². The fraction of sp³-hybridized carbons (Fsp3) is 0.500. The van der Waals surface area contributed by atoms with E-state index in [1.165, 1.54) is 42.7 Å². The zero-order valence-electron chi connectivity index (χ0n) is 15.3. The molecule has 1 aliphatic rings. The van der Waals surface area contributed by atoms with Crippen molar-refractivity contribution < 1.29 is 4.79 Å². The van der Waals surface area contributed by atoms with Crippen molar-refractivity contribution in [2.45, 2.75) is 52.4 Å². The molecule has 2 heterocycles. The van der Waals surface area contributed by atoms with Crippen LogP contribution < -0.4 is 10.2 Å². The molecule has 0 atom stereocenters. The number of nitrogens with one attached hydrogen (secondary N) is 1. The van der Waals surface area contributed by atoms with E-state index in [9.17, 15) is 4.79 Å². The average Bonchev–Trinajstić information content (AvgIpc) is 2.81. The second kappa shape index (κ2) is 8.00. The van der Waals surface area contributed by atoms with E-state index in [0.717, 1.165) is 29.5 Å². The number of hydrogen-bond donors (Lipinski definition) is 1. The fourth-order valence-corrected chi connectivity index (χ4v) is 4.11. The van der Waals surface area contributed by atoms with Crippen LogP contribution >= 0.6 is 11.3 Å². The highest BCUT2D eigenvalue weighted by molar-refractivity contribution is 7.14. The number of aromatic nitrogens is 1. The van der Waals surface area contributed by atoms with Gasteiger partial charge < -0.3 is 10.2 Å². The molecule has 0 aliphatic carbocycles. The fourth-order valence-electron chi connectivity index (χ4n) is 3.15. The minimum atomic E-state index is -0.0653. The highest BCUT2D eigenvalue weighted by atomic mass is 32.1. The number of hydrogen-bond acceptors (Lipinski definition) is 4. The van der Waals surface area contributed by atoms with Gasteiger partial charge in [0.15, 0.2) is 0 Å². The SMILES string of the molecule is Cc1nc(C(C)C)sc1C(=O)Nc1ccc(N2CCCCCC2)cc1. The van der Waals surface area contributed by atoms with Crippen LogP contribution in [0.15, 0.2) is 24.3 Å². The van der Waals surface area contributed by atoms with Crippen molar-refractivity contribution in [1.82, 2.24) is 4.98 Å². The van der Waals surface area contributed by atoms with Crippen molar-refractivity contribution in [3.63, 3.8) is 0 Å². The van der Waals surface area contributed by atoms with Crippen molar-refractivity contribution in [2.24, 2.45) is 0 Å². The Morgan fingerprint density at radius 2 is 1.76 bits per heavy atom. The molecule has 5 heteroatoms. The lowest BCUT2D eigenvalue weighted by Crippen LogP contribution is -2.23. The number of nitrogens with zero attached hydrogens (tertiary/aromatic N) is 2. The summed E-state index contributed by atoms with van der Waals surface area (Å²) in [7, 11) is 0. The van der Waals surface area contributed by atoms with Crippen molar-refractivity contribution >= 4 is 28.6 Å². The molecule has 134 valence electrons. The van der Waals surface area contributed by atoms with Gasteiger partial charge in [-0.3, -0.25) is 4.79 Å². The van der Waals surface area contributed by atoms with Crippen LogP contribution in [0.4, 0.5) is 11.4 Å². The van der Waals surface area contributed by atoms with Gasteiger partial charge in [0.25, 0.3) is 5.91 Å². The predicted molar refractivity (Wildman–Crippen MR) is 106 cm³/mol. The van der Waals surface area contributed by atoms with Gasteiger partial charge in [-0.2, -0.15) is 0 Å². The molecule has 25 heavy (non-hydrogen) atoms. The lowest BCUT2D eigenvalue weighted by Gasteiger charge is -2.22. The molecule has 1 saturated heterocycles. The van der Waals surface area contributed by atoms with Crippen LogP contribution in [0.25, 0.3) is 0 Å². The van der Waals surface area contributed by atoms with Crippen molar-refractivity contribution in [1.29, 1.82) is 0 Å². The molecule has 1 aliphatic heterocycles. The molecule has 2 aromatic rings. The maximum Gasteiger partial charge on any atom is 0.267 e. The van der Waals surface area contributed by atoms with Gasteiger partial charge in [0.1, 0.15) is 4.88 Å². The summed E-state index contributed by atoms with van der Waals surface area (Å²) in [5, 5.41) is 4.02. The number of rotatable bonds is 4. The van der Waals surface area contributed by atoms with Gasteiger partial charge in [0.05, 0.1) is 10.7 Å². The van der Waals surface area contributed by atoms with E-state index in [1.54, 1.807) is 0 Å². The third-order valence-corrected chi connectivity index (χ3v) is 6.07. The number of thiazole rings is 1. The minimum Gasteiger partial charge on any atom is -0.372 e. The minimum absolute atomic E-state index is 0.0653. The summed E-state index contributed by atoms with van der Waals surface area (Å²) in [6, 6.07) is 8.22. The Morgan fingerprint density at radius 1 is 1.12 bits per heavy atom. The standard InChI is InChI=1S/C20H27N3OS/c1-14(2)20-21-15(3)18(25-20)19(24)22-16-8-10-17(11-9-16)23-12-6-4-5-7-13-23/h8-11,14H,4-7,12-13H2,1-3H3,(H,22,24). The first kappa shape index (κ1) is 17.9. The van der Waals surface area contributed by atoms with Crippen LogP contribution in [-0.4, -0.2) is 24.0 Å². The first-order chi connectivity index (χ1) is 12.0. The Labute approximate surface area is 154 Å². The summed E-state index contributed by atoms with van der Waals surface area (Å²) in [6.07, 6.45) is 5.19. The largest absolute Gasteiger partial charge is 0.372 e. The van der Waals surface area contributed by atoms with Gasteiger partial charge in [0.2, 0.25) is 0 Å². The second-order valence-corrected chi connectivity index (χ2v) is 8.05. The normalized spacial score (nSPS) is 15.3. The Bertz CT molecular complexity index is 713. The summed E-state index contributed by atoms with van der Waals surface area (Å²) < 4.78 is 0. The molecular weight excluding hydrogens is 330 g/mol. The zero-order chi connectivity index (χ0) is 17.8. The maximum atomic E-state index is 12.6. The van der Waals surface area contributed by atoms with E-state index in [-0.39, 0.29) is 5.91 Å². The Morgan fingerprint density at radius 3 is 2.32 bits per heavy atom. The zero-order valence-corrected chi connectivity index (χ0v) is 16.2. The molecule has 0 saturated carbocycles. The third kappa shape index (κ3) is 4.40. The van der Waals surface area contributed by atoms with Crippen molar-refractivity contribution in [2.75, 3.05) is 23.3 Å². The van der Waals surface area contributed by atoms with Gasteiger partial charge in [0, 0.05) is 30.4 Å². The Hall–Kier alpha value is -1.88. The summed E-state index contributed by atoms with van der Waals surface area (Å²) >= 11 is 1.49. The number of amides is 1. The van der Waals surface area contributed by atoms with E-state index in [4.69, 9.17) is 0 Å². The first-order valence-electron chi connectivity index (χ1n) is 9.18. The molecule has 1 aromatic heterocycles. The van der Waals surface area contributed by atoms with Gasteiger partial charge >= 0.3 is 0 Å². The summed E-state index contributed by atoms with van der Waals surface area (Å²) in [6.45, 7) is 8.36.